The number of aromatic nitrogens is 5. The lowest BCUT2D eigenvalue weighted by molar-refractivity contribution is -0.132. The standard InChI is InChI=1S/C22H27ClN8O2/c1-29(17-7-10-30(11-8-17)22-25-13-16(23)14-26-22)20(32)4-2-3-9-31-19-12-15(21(24)33)5-6-18(19)27-28-31/h5-6,12-14,17H,2-4,7-11H2,1H3,(H2,24,33). The van der Waals surface area contributed by atoms with Crippen molar-refractivity contribution in [1.82, 2.24) is 29.9 Å². The van der Waals surface area contributed by atoms with Crippen LogP contribution in [0.3, 0.4) is 0 Å². The normalized spacial score (nSPS) is 14.5. The number of halogens is 1. The minimum absolute atomic E-state index is 0.149. The molecule has 1 saturated heterocycles. The smallest absolute Gasteiger partial charge is 0.248 e. The second kappa shape index (κ2) is 10.1. The molecule has 2 amide bonds. The van der Waals surface area contributed by atoms with Crippen molar-refractivity contribution in [3.63, 3.8) is 0 Å². The van der Waals surface area contributed by atoms with Gasteiger partial charge in [-0.05, 0) is 43.9 Å². The molecule has 1 aliphatic rings. The molecular weight excluding hydrogens is 444 g/mol. The fraction of sp³-hybridized carbons (Fsp3) is 0.455. The summed E-state index contributed by atoms with van der Waals surface area (Å²) in [5, 5.41) is 8.80. The Bertz CT molecular complexity index is 1130. The van der Waals surface area contributed by atoms with Crippen molar-refractivity contribution >= 4 is 40.4 Å². The summed E-state index contributed by atoms with van der Waals surface area (Å²) in [6, 6.07) is 5.30. The van der Waals surface area contributed by atoms with Gasteiger partial charge in [-0.3, -0.25) is 9.59 Å². The summed E-state index contributed by atoms with van der Waals surface area (Å²) in [4.78, 5) is 36.7. The molecule has 2 aromatic heterocycles. The molecule has 0 aliphatic carbocycles. The van der Waals surface area contributed by atoms with E-state index in [0.29, 0.717) is 35.0 Å². The van der Waals surface area contributed by atoms with E-state index >= 15 is 0 Å². The number of anilines is 1. The van der Waals surface area contributed by atoms with Gasteiger partial charge in [-0.2, -0.15) is 0 Å². The van der Waals surface area contributed by atoms with Gasteiger partial charge in [-0.25, -0.2) is 14.6 Å². The first kappa shape index (κ1) is 22.9. The predicted molar refractivity (Wildman–Crippen MR) is 125 cm³/mol. The fourth-order valence-corrected chi connectivity index (χ4v) is 4.22. The highest BCUT2D eigenvalue weighted by molar-refractivity contribution is 6.30. The van der Waals surface area contributed by atoms with Gasteiger partial charge in [0.2, 0.25) is 17.8 Å². The number of nitrogens with two attached hydrogens (primary N) is 1. The number of nitrogens with zero attached hydrogens (tertiary/aromatic N) is 7. The van der Waals surface area contributed by atoms with Crippen molar-refractivity contribution in [2.75, 3.05) is 25.0 Å². The van der Waals surface area contributed by atoms with E-state index in [2.05, 4.69) is 25.2 Å². The molecule has 11 heteroatoms. The van der Waals surface area contributed by atoms with Gasteiger partial charge in [0.25, 0.3) is 0 Å². The van der Waals surface area contributed by atoms with Gasteiger partial charge >= 0.3 is 0 Å². The number of fused-ring (bicyclic) bond motifs is 1. The average molecular weight is 471 g/mol. The maximum absolute atomic E-state index is 12.7. The van der Waals surface area contributed by atoms with Crippen LogP contribution in [0.2, 0.25) is 5.02 Å². The number of carbonyl (C=O) groups is 2. The number of unbranched alkanes of at least 4 members (excludes halogenated alkanes) is 1. The number of hydrogen-bond acceptors (Lipinski definition) is 7. The first-order valence-corrected chi connectivity index (χ1v) is 11.4. The van der Waals surface area contributed by atoms with Crippen LogP contribution in [0.15, 0.2) is 30.6 Å². The molecule has 174 valence electrons. The molecule has 2 N–H and O–H groups in total. The van der Waals surface area contributed by atoms with Crippen molar-refractivity contribution in [2.45, 2.75) is 44.7 Å². The third-order valence-corrected chi connectivity index (χ3v) is 6.30. The van der Waals surface area contributed by atoms with Crippen LogP contribution in [0.5, 0.6) is 0 Å². The van der Waals surface area contributed by atoms with E-state index in [9.17, 15) is 9.59 Å². The highest BCUT2D eigenvalue weighted by atomic mass is 35.5. The van der Waals surface area contributed by atoms with Crippen LogP contribution in [0.4, 0.5) is 5.95 Å². The Morgan fingerprint density at radius 3 is 2.61 bits per heavy atom. The van der Waals surface area contributed by atoms with E-state index in [1.165, 1.54) is 0 Å². The molecule has 4 rings (SSSR count). The Morgan fingerprint density at radius 1 is 1.18 bits per heavy atom. The van der Waals surface area contributed by atoms with Crippen LogP contribution in [0, 0.1) is 0 Å². The van der Waals surface area contributed by atoms with E-state index in [1.54, 1.807) is 35.3 Å². The highest BCUT2D eigenvalue weighted by Gasteiger charge is 2.26. The van der Waals surface area contributed by atoms with Crippen molar-refractivity contribution < 1.29 is 9.59 Å². The summed E-state index contributed by atoms with van der Waals surface area (Å²) in [6.45, 7) is 2.22. The first-order valence-electron chi connectivity index (χ1n) is 11.0. The molecule has 0 atom stereocenters. The van der Waals surface area contributed by atoms with Crippen LogP contribution >= 0.6 is 11.6 Å². The maximum atomic E-state index is 12.7. The van der Waals surface area contributed by atoms with E-state index in [1.807, 2.05) is 11.9 Å². The third kappa shape index (κ3) is 5.39. The second-order valence-corrected chi connectivity index (χ2v) is 8.70. The van der Waals surface area contributed by atoms with Crippen LogP contribution in [-0.2, 0) is 11.3 Å². The van der Waals surface area contributed by atoms with Gasteiger partial charge < -0.3 is 15.5 Å². The molecule has 0 spiro atoms. The van der Waals surface area contributed by atoms with Crippen molar-refractivity contribution in [2.24, 2.45) is 5.73 Å². The summed E-state index contributed by atoms with van der Waals surface area (Å²) in [5.74, 6) is 0.343. The summed E-state index contributed by atoms with van der Waals surface area (Å²) in [6.07, 6.45) is 6.97. The minimum atomic E-state index is -0.482. The molecule has 10 nitrogen and oxygen atoms in total. The van der Waals surface area contributed by atoms with Crippen LogP contribution < -0.4 is 10.6 Å². The Labute approximate surface area is 196 Å². The molecule has 0 bridgehead atoms. The minimum Gasteiger partial charge on any atom is -0.366 e. The molecule has 33 heavy (non-hydrogen) atoms. The number of piperidine rings is 1. The molecular formula is C22H27ClN8O2. The Hall–Kier alpha value is -3.27. The summed E-state index contributed by atoms with van der Waals surface area (Å²) in [5.41, 5.74) is 7.28. The number of rotatable bonds is 8. The molecule has 0 unspecified atom stereocenters. The zero-order valence-corrected chi connectivity index (χ0v) is 19.3. The number of carbonyl (C=O) groups excluding carboxylic acids is 2. The number of amides is 2. The monoisotopic (exact) mass is 470 g/mol. The lowest BCUT2D eigenvalue weighted by Crippen LogP contribution is -2.46. The average Bonchev–Trinajstić information content (AvgIpc) is 3.24. The van der Waals surface area contributed by atoms with Crippen LogP contribution in [0.1, 0.15) is 42.5 Å². The Morgan fingerprint density at radius 2 is 1.91 bits per heavy atom. The van der Waals surface area contributed by atoms with Gasteiger partial charge in [0.15, 0.2) is 0 Å². The summed E-state index contributed by atoms with van der Waals surface area (Å²) >= 11 is 5.86. The Balaban J connectivity index is 1.22. The molecule has 3 heterocycles. The van der Waals surface area contributed by atoms with Gasteiger partial charge in [0.1, 0.15) is 5.52 Å². The number of aryl methyl sites for hydroxylation is 1. The quantitative estimate of drug-likeness (QED) is 0.501. The molecule has 1 fully saturated rings. The number of primary amides is 1. The first-order chi connectivity index (χ1) is 15.9. The number of benzene rings is 1. The van der Waals surface area contributed by atoms with Crippen molar-refractivity contribution in [1.29, 1.82) is 0 Å². The Kier molecular flexibility index (Phi) is 7.02. The molecule has 3 aromatic rings. The van der Waals surface area contributed by atoms with Gasteiger partial charge in [-0.15, -0.1) is 5.10 Å². The van der Waals surface area contributed by atoms with Gasteiger partial charge in [-0.1, -0.05) is 16.8 Å². The van der Waals surface area contributed by atoms with E-state index in [4.69, 9.17) is 17.3 Å². The van der Waals surface area contributed by atoms with Crippen LogP contribution in [-0.4, -0.2) is 67.9 Å². The zero-order valence-electron chi connectivity index (χ0n) is 18.5. The zero-order chi connectivity index (χ0) is 23.4. The highest BCUT2D eigenvalue weighted by Crippen LogP contribution is 2.21. The fourth-order valence-electron chi connectivity index (χ4n) is 4.12. The molecule has 1 aromatic carbocycles. The van der Waals surface area contributed by atoms with Crippen molar-refractivity contribution in [3.05, 3.63) is 41.2 Å². The lowest BCUT2D eigenvalue weighted by atomic mass is 10.0. The van der Waals surface area contributed by atoms with Gasteiger partial charge in [0.05, 0.1) is 22.9 Å². The van der Waals surface area contributed by atoms with Crippen molar-refractivity contribution in [3.8, 4) is 0 Å². The summed E-state index contributed by atoms with van der Waals surface area (Å²) in [7, 11) is 1.89. The van der Waals surface area contributed by atoms with Gasteiger partial charge in [0, 0.05) is 44.7 Å². The topological polar surface area (TPSA) is 123 Å². The molecule has 1 aliphatic heterocycles. The largest absolute Gasteiger partial charge is 0.366 e. The maximum Gasteiger partial charge on any atom is 0.248 e. The third-order valence-electron chi connectivity index (χ3n) is 6.10. The predicted octanol–water partition coefficient (Wildman–Crippen LogP) is 2.27. The SMILES string of the molecule is CN(C(=O)CCCCn1nnc2ccc(C(N)=O)cc21)C1CCN(c2ncc(Cl)cn2)CC1. The lowest BCUT2D eigenvalue weighted by Gasteiger charge is -2.36. The van der Waals surface area contributed by atoms with E-state index in [0.717, 1.165) is 44.3 Å². The molecule has 0 radical (unpaired) electrons. The van der Waals surface area contributed by atoms with E-state index in [-0.39, 0.29) is 11.9 Å². The molecule has 0 saturated carbocycles. The summed E-state index contributed by atoms with van der Waals surface area (Å²) < 4.78 is 1.75. The van der Waals surface area contributed by atoms with Crippen LogP contribution in [0.25, 0.3) is 11.0 Å². The van der Waals surface area contributed by atoms with E-state index < -0.39 is 5.91 Å². The number of hydrogen-bond donors (Lipinski definition) is 1. The second-order valence-electron chi connectivity index (χ2n) is 8.26.